The van der Waals surface area contributed by atoms with Crippen molar-refractivity contribution < 1.29 is 17.9 Å². The topological polar surface area (TPSA) is 63.7 Å². The standard InChI is InChI=1S/C19H25NO4S/c1-13-5-7-15(8-6-13)25(22,23)20-10-9-14(12-20)16-11-17(16)18(21)24-19(2,3)4/h5-9,16-17H,10-12H2,1-4H3/t16-,17+/m1/s1. The van der Waals surface area contributed by atoms with Gasteiger partial charge in [-0.15, -0.1) is 0 Å². The van der Waals surface area contributed by atoms with Gasteiger partial charge >= 0.3 is 5.97 Å². The molecule has 0 radical (unpaired) electrons. The molecule has 1 saturated carbocycles. The minimum atomic E-state index is -3.50. The summed E-state index contributed by atoms with van der Waals surface area (Å²) in [4.78, 5) is 12.5. The van der Waals surface area contributed by atoms with Gasteiger partial charge in [-0.2, -0.15) is 4.31 Å². The van der Waals surface area contributed by atoms with E-state index >= 15 is 0 Å². The van der Waals surface area contributed by atoms with Crippen LogP contribution < -0.4 is 0 Å². The molecule has 0 saturated heterocycles. The van der Waals surface area contributed by atoms with Gasteiger partial charge in [0.25, 0.3) is 0 Å². The number of esters is 1. The van der Waals surface area contributed by atoms with Crippen molar-refractivity contribution in [1.82, 2.24) is 4.31 Å². The van der Waals surface area contributed by atoms with Crippen molar-refractivity contribution in [1.29, 1.82) is 0 Å². The average Bonchev–Trinajstić information content (AvgIpc) is 3.15. The average molecular weight is 363 g/mol. The normalized spacial score (nSPS) is 24.1. The zero-order valence-corrected chi connectivity index (χ0v) is 16.0. The van der Waals surface area contributed by atoms with Crippen molar-refractivity contribution >= 4 is 16.0 Å². The molecule has 2 aliphatic rings. The third kappa shape index (κ3) is 3.96. The van der Waals surface area contributed by atoms with Crippen LogP contribution >= 0.6 is 0 Å². The molecular weight excluding hydrogens is 338 g/mol. The molecule has 0 unspecified atom stereocenters. The molecule has 1 aliphatic heterocycles. The van der Waals surface area contributed by atoms with E-state index in [0.29, 0.717) is 18.0 Å². The number of nitrogens with zero attached hydrogens (tertiary/aromatic N) is 1. The fourth-order valence-corrected chi connectivity index (χ4v) is 4.47. The van der Waals surface area contributed by atoms with Crippen LogP contribution in [0.25, 0.3) is 0 Å². The summed E-state index contributed by atoms with van der Waals surface area (Å²) in [5.74, 6) is -0.196. The number of hydrogen-bond donors (Lipinski definition) is 0. The van der Waals surface area contributed by atoms with Gasteiger partial charge in [0.15, 0.2) is 0 Å². The van der Waals surface area contributed by atoms with Gasteiger partial charge in [-0.25, -0.2) is 8.42 Å². The number of carbonyl (C=O) groups excluding carboxylic acids is 1. The Morgan fingerprint density at radius 1 is 1.20 bits per heavy atom. The van der Waals surface area contributed by atoms with Crippen molar-refractivity contribution in [2.75, 3.05) is 13.1 Å². The van der Waals surface area contributed by atoms with Crippen molar-refractivity contribution in [2.24, 2.45) is 11.8 Å². The molecule has 1 aromatic rings. The van der Waals surface area contributed by atoms with E-state index in [1.165, 1.54) is 4.31 Å². The minimum absolute atomic E-state index is 0.119. The summed E-state index contributed by atoms with van der Waals surface area (Å²) in [5.41, 5.74) is 1.57. The summed E-state index contributed by atoms with van der Waals surface area (Å²) in [7, 11) is -3.50. The van der Waals surface area contributed by atoms with E-state index in [-0.39, 0.29) is 17.8 Å². The van der Waals surface area contributed by atoms with Crippen LogP contribution in [-0.2, 0) is 19.6 Å². The van der Waals surface area contributed by atoms with E-state index in [9.17, 15) is 13.2 Å². The molecule has 3 rings (SSSR count). The number of benzene rings is 1. The van der Waals surface area contributed by atoms with Crippen LogP contribution in [0, 0.1) is 18.8 Å². The highest BCUT2D eigenvalue weighted by Crippen LogP contribution is 2.47. The fourth-order valence-electron chi connectivity index (χ4n) is 3.11. The minimum Gasteiger partial charge on any atom is -0.460 e. The Balaban J connectivity index is 1.63. The Labute approximate surface area is 149 Å². The van der Waals surface area contributed by atoms with E-state index < -0.39 is 15.6 Å². The molecule has 0 aromatic heterocycles. The Kier molecular flexibility index (Phi) is 4.54. The van der Waals surface area contributed by atoms with E-state index in [4.69, 9.17) is 4.74 Å². The van der Waals surface area contributed by atoms with Gasteiger partial charge < -0.3 is 4.74 Å². The summed E-state index contributed by atoms with van der Waals surface area (Å²) in [5, 5.41) is 0. The first-order chi connectivity index (χ1) is 11.6. The molecule has 1 heterocycles. The van der Waals surface area contributed by atoms with Crippen LogP contribution in [0.2, 0.25) is 0 Å². The summed E-state index contributed by atoms with van der Waals surface area (Å²) in [6.07, 6.45) is 2.69. The van der Waals surface area contributed by atoms with Gasteiger partial charge in [-0.3, -0.25) is 4.79 Å². The predicted molar refractivity (Wildman–Crippen MR) is 95.5 cm³/mol. The Bertz CT molecular complexity index is 803. The van der Waals surface area contributed by atoms with Crippen LogP contribution in [0.15, 0.2) is 40.8 Å². The predicted octanol–water partition coefficient (Wildman–Crippen LogP) is 2.90. The van der Waals surface area contributed by atoms with E-state index in [0.717, 1.165) is 17.6 Å². The first-order valence-corrected chi connectivity index (χ1v) is 10.0. The van der Waals surface area contributed by atoms with Gasteiger partial charge in [0.2, 0.25) is 10.0 Å². The second-order valence-corrected chi connectivity index (χ2v) is 9.81. The lowest BCUT2D eigenvalue weighted by molar-refractivity contribution is -0.156. The number of hydrogen-bond acceptors (Lipinski definition) is 4. The van der Waals surface area contributed by atoms with Crippen molar-refractivity contribution in [3.8, 4) is 0 Å². The van der Waals surface area contributed by atoms with E-state index in [1.807, 2.05) is 33.8 Å². The molecule has 0 amide bonds. The lowest BCUT2D eigenvalue weighted by Crippen LogP contribution is -2.29. The maximum absolute atomic E-state index is 12.7. The quantitative estimate of drug-likeness (QED) is 0.609. The van der Waals surface area contributed by atoms with Gasteiger partial charge in [-0.1, -0.05) is 29.3 Å². The van der Waals surface area contributed by atoms with Crippen molar-refractivity contribution in [3.63, 3.8) is 0 Å². The maximum Gasteiger partial charge on any atom is 0.310 e. The smallest absolute Gasteiger partial charge is 0.310 e. The molecule has 1 aliphatic carbocycles. The third-order valence-corrected chi connectivity index (χ3v) is 6.38. The summed E-state index contributed by atoms with van der Waals surface area (Å²) >= 11 is 0. The van der Waals surface area contributed by atoms with Gasteiger partial charge in [0.05, 0.1) is 10.8 Å². The molecule has 6 heteroatoms. The first kappa shape index (κ1) is 18.1. The number of aryl methyl sites for hydroxylation is 1. The van der Waals surface area contributed by atoms with E-state index in [1.54, 1.807) is 24.3 Å². The summed E-state index contributed by atoms with van der Waals surface area (Å²) in [6, 6.07) is 6.89. The molecule has 2 atom stereocenters. The first-order valence-electron chi connectivity index (χ1n) is 8.56. The molecule has 0 spiro atoms. The zero-order valence-electron chi connectivity index (χ0n) is 15.2. The largest absolute Gasteiger partial charge is 0.460 e. The number of carbonyl (C=O) groups is 1. The van der Waals surface area contributed by atoms with Gasteiger partial charge in [0, 0.05) is 13.1 Å². The van der Waals surface area contributed by atoms with E-state index in [2.05, 4.69) is 0 Å². The van der Waals surface area contributed by atoms with Gasteiger partial charge in [0.1, 0.15) is 5.60 Å². The number of ether oxygens (including phenoxy) is 1. The van der Waals surface area contributed by atoms with Crippen LogP contribution in [0.4, 0.5) is 0 Å². The number of rotatable bonds is 4. The zero-order chi connectivity index (χ0) is 18.4. The maximum atomic E-state index is 12.7. The van der Waals surface area contributed by atoms with Crippen LogP contribution in [-0.4, -0.2) is 37.4 Å². The monoisotopic (exact) mass is 363 g/mol. The lowest BCUT2D eigenvalue weighted by atomic mass is 10.1. The highest BCUT2D eigenvalue weighted by molar-refractivity contribution is 7.89. The second-order valence-electron chi connectivity index (χ2n) is 7.87. The molecule has 0 bridgehead atoms. The summed E-state index contributed by atoms with van der Waals surface area (Å²) < 4.78 is 32.4. The molecule has 136 valence electrons. The van der Waals surface area contributed by atoms with Crippen LogP contribution in [0.1, 0.15) is 32.8 Å². The molecule has 0 N–H and O–H groups in total. The van der Waals surface area contributed by atoms with Crippen molar-refractivity contribution in [2.45, 2.75) is 44.6 Å². The molecule has 5 nitrogen and oxygen atoms in total. The molecule has 25 heavy (non-hydrogen) atoms. The Morgan fingerprint density at radius 3 is 2.44 bits per heavy atom. The molecule has 1 fully saturated rings. The molecular formula is C19H25NO4S. The molecule has 1 aromatic carbocycles. The highest BCUT2D eigenvalue weighted by Gasteiger charge is 2.48. The summed E-state index contributed by atoms with van der Waals surface area (Å²) in [6.45, 7) is 8.21. The third-order valence-electron chi connectivity index (χ3n) is 4.55. The fraction of sp³-hybridized carbons (Fsp3) is 0.526. The Morgan fingerprint density at radius 2 is 1.84 bits per heavy atom. The van der Waals surface area contributed by atoms with Crippen molar-refractivity contribution in [3.05, 3.63) is 41.5 Å². The van der Waals surface area contributed by atoms with Gasteiger partial charge in [-0.05, 0) is 52.2 Å². The van der Waals surface area contributed by atoms with Crippen LogP contribution in [0.5, 0.6) is 0 Å². The second kappa shape index (κ2) is 6.25. The highest BCUT2D eigenvalue weighted by atomic mass is 32.2. The van der Waals surface area contributed by atoms with Crippen LogP contribution in [0.3, 0.4) is 0 Å². The lowest BCUT2D eigenvalue weighted by Gasteiger charge is -2.19. The number of sulfonamides is 1. The SMILES string of the molecule is Cc1ccc(S(=O)(=O)N2CC=C([C@H]3C[C@@H]3C(=O)OC(C)(C)C)C2)cc1. The Hall–Kier alpha value is -1.66.